The van der Waals surface area contributed by atoms with Gasteiger partial charge in [-0.15, -0.1) is 0 Å². The largest absolute Gasteiger partial charge is 0.399 e. The second-order valence-electron chi connectivity index (χ2n) is 6.37. The van der Waals surface area contributed by atoms with Gasteiger partial charge in [0.25, 0.3) is 0 Å². The molecule has 0 amide bonds. The minimum atomic E-state index is 0.838. The molecule has 0 aromatic heterocycles. The van der Waals surface area contributed by atoms with Crippen LogP contribution in [-0.4, -0.2) is 0 Å². The van der Waals surface area contributed by atoms with Crippen LogP contribution in [0.25, 0.3) is 12.2 Å². The molecule has 0 saturated carbocycles. The van der Waals surface area contributed by atoms with Crippen molar-refractivity contribution in [2.75, 3.05) is 5.73 Å². The molecule has 0 heterocycles. The van der Waals surface area contributed by atoms with Gasteiger partial charge in [0.15, 0.2) is 0 Å². The molecule has 1 heteroatoms. The van der Waals surface area contributed by atoms with Crippen LogP contribution in [0.5, 0.6) is 0 Å². The molecule has 2 aromatic rings. The average molecular weight is 319 g/mol. The van der Waals surface area contributed by atoms with Crippen LogP contribution in [-0.2, 0) is 6.42 Å². The first-order valence-electron chi connectivity index (χ1n) is 8.97. The molecular formula is C23H29N. The van der Waals surface area contributed by atoms with E-state index in [4.69, 9.17) is 5.73 Å². The van der Waals surface area contributed by atoms with Crippen LogP contribution < -0.4 is 5.73 Å². The predicted molar refractivity (Wildman–Crippen MR) is 108 cm³/mol. The molecule has 0 bridgehead atoms. The van der Waals surface area contributed by atoms with Crippen LogP contribution in [0.1, 0.15) is 55.7 Å². The van der Waals surface area contributed by atoms with Gasteiger partial charge in [0.05, 0.1) is 0 Å². The maximum Gasteiger partial charge on any atom is 0.0314 e. The van der Waals surface area contributed by atoms with E-state index in [1.54, 1.807) is 5.57 Å². The molecule has 0 fully saturated rings. The van der Waals surface area contributed by atoms with E-state index < -0.39 is 0 Å². The minimum absolute atomic E-state index is 0.838. The van der Waals surface area contributed by atoms with Gasteiger partial charge in [-0.25, -0.2) is 0 Å². The second kappa shape index (κ2) is 9.77. The van der Waals surface area contributed by atoms with Crippen LogP contribution >= 0.6 is 0 Å². The van der Waals surface area contributed by atoms with Gasteiger partial charge in [0.2, 0.25) is 0 Å². The van der Waals surface area contributed by atoms with Crippen LogP contribution in [0.15, 0.2) is 60.7 Å². The number of allylic oxidation sites excluding steroid dienone is 1. The van der Waals surface area contributed by atoms with Crippen molar-refractivity contribution in [3.05, 3.63) is 77.4 Å². The molecule has 2 aromatic carbocycles. The Bertz CT molecular complexity index is 647. The first-order valence-corrected chi connectivity index (χ1v) is 8.97. The molecule has 0 unspecified atom stereocenters. The first kappa shape index (κ1) is 18.1. The number of benzene rings is 2. The molecule has 2 rings (SSSR count). The Morgan fingerprint density at radius 2 is 1.54 bits per heavy atom. The number of unbranched alkanes of at least 4 members (excludes halogenated alkanes) is 1. The lowest BCUT2D eigenvalue weighted by atomic mass is 9.98. The maximum atomic E-state index is 5.75. The summed E-state index contributed by atoms with van der Waals surface area (Å²) in [6, 6.07) is 16.9. The number of hydrogen-bond donors (Lipinski definition) is 1. The Morgan fingerprint density at radius 1 is 0.917 bits per heavy atom. The van der Waals surface area contributed by atoms with E-state index in [1.807, 2.05) is 18.2 Å². The van der Waals surface area contributed by atoms with Crippen LogP contribution in [0.2, 0.25) is 0 Å². The quantitative estimate of drug-likeness (QED) is 0.524. The Kier molecular flexibility index (Phi) is 7.35. The van der Waals surface area contributed by atoms with Gasteiger partial charge in [-0.1, -0.05) is 74.0 Å². The molecule has 0 aliphatic carbocycles. The Hall–Kier alpha value is -2.28. The highest BCUT2D eigenvalue weighted by Crippen LogP contribution is 2.20. The highest BCUT2D eigenvalue weighted by atomic mass is 14.5. The molecule has 1 nitrogen and oxygen atoms in total. The zero-order valence-electron chi connectivity index (χ0n) is 14.8. The van der Waals surface area contributed by atoms with Gasteiger partial charge in [-0.3, -0.25) is 0 Å². The fourth-order valence-electron chi connectivity index (χ4n) is 2.84. The van der Waals surface area contributed by atoms with Crippen molar-refractivity contribution < 1.29 is 0 Å². The van der Waals surface area contributed by atoms with Gasteiger partial charge in [0.1, 0.15) is 0 Å². The summed E-state index contributed by atoms with van der Waals surface area (Å²) in [5, 5.41) is 0. The standard InChI is InChI=1S/C23H29N/c1-3-5-7-21(18-22-12-10-19(4-2)11-13-22)9-6-8-20-14-16-23(24)17-15-20/h4,10-18H,2-3,5-9,24H2,1H3/b21-18+. The maximum absolute atomic E-state index is 5.75. The van der Waals surface area contributed by atoms with Gasteiger partial charge in [-0.2, -0.15) is 0 Å². The molecule has 0 aliphatic heterocycles. The molecule has 0 saturated heterocycles. The second-order valence-corrected chi connectivity index (χ2v) is 6.37. The van der Waals surface area contributed by atoms with Crippen molar-refractivity contribution in [2.45, 2.75) is 45.4 Å². The number of aryl methyl sites for hydroxylation is 1. The van der Waals surface area contributed by atoms with E-state index in [0.717, 1.165) is 18.5 Å². The monoisotopic (exact) mass is 319 g/mol. The van der Waals surface area contributed by atoms with E-state index in [1.165, 1.54) is 42.4 Å². The van der Waals surface area contributed by atoms with E-state index in [0.29, 0.717) is 0 Å². The van der Waals surface area contributed by atoms with Crippen LogP contribution in [0.3, 0.4) is 0 Å². The summed E-state index contributed by atoms with van der Waals surface area (Å²) in [7, 11) is 0. The topological polar surface area (TPSA) is 26.0 Å². The normalized spacial score (nSPS) is 11.5. The third kappa shape index (κ3) is 6.08. The van der Waals surface area contributed by atoms with Gasteiger partial charge in [-0.05, 0) is 60.9 Å². The van der Waals surface area contributed by atoms with Gasteiger partial charge < -0.3 is 5.73 Å². The molecule has 0 radical (unpaired) electrons. The summed E-state index contributed by atoms with van der Waals surface area (Å²) in [6.45, 7) is 6.07. The number of nitrogen functional groups attached to an aromatic ring is 1. The zero-order chi connectivity index (χ0) is 17.2. The Morgan fingerprint density at radius 3 is 2.17 bits per heavy atom. The van der Waals surface area contributed by atoms with E-state index in [-0.39, 0.29) is 0 Å². The van der Waals surface area contributed by atoms with Crippen molar-refractivity contribution in [2.24, 2.45) is 0 Å². The van der Waals surface area contributed by atoms with Crippen molar-refractivity contribution in [3.8, 4) is 0 Å². The van der Waals surface area contributed by atoms with Crippen LogP contribution in [0.4, 0.5) is 5.69 Å². The van der Waals surface area contributed by atoms with E-state index in [2.05, 4.69) is 56.0 Å². The van der Waals surface area contributed by atoms with E-state index >= 15 is 0 Å². The number of nitrogens with two attached hydrogens (primary N) is 1. The molecule has 0 atom stereocenters. The third-order valence-corrected chi connectivity index (χ3v) is 4.34. The zero-order valence-corrected chi connectivity index (χ0v) is 14.8. The lowest BCUT2D eigenvalue weighted by molar-refractivity contribution is 0.726. The SMILES string of the molecule is C=Cc1ccc(/C=C(\CCCC)CCCc2ccc(N)cc2)cc1. The number of hydrogen-bond acceptors (Lipinski definition) is 1. The Labute approximate surface area is 146 Å². The van der Waals surface area contributed by atoms with Crippen LogP contribution in [0, 0.1) is 0 Å². The van der Waals surface area contributed by atoms with Crippen molar-refractivity contribution >= 4 is 17.8 Å². The summed E-state index contributed by atoms with van der Waals surface area (Å²) in [4.78, 5) is 0. The first-order chi connectivity index (χ1) is 11.7. The minimum Gasteiger partial charge on any atom is -0.399 e. The third-order valence-electron chi connectivity index (χ3n) is 4.34. The van der Waals surface area contributed by atoms with Gasteiger partial charge >= 0.3 is 0 Å². The predicted octanol–water partition coefficient (Wildman–Crippen LogP) is 6.51. The van der Waals surface area contributed by atoms with Crippen molar-refractivity contribution in [3.63, 3.8) is 0 Å². The Balaban J connectivity index is 1.97. The van der Waals surface area contributed by atoms with Crippen molar-refractivity contribution in [1.82, 2.24) is 0 Å². The number of anilines is 1. The molecule has 0 aliphatic rings. The fraction of sp³-hybridized carbons (Fsp3) is 0.304. The summed E-state index contributed by atoms with van der Waals surface area (Å²) < 4.78 is 0. The summed E-state index contributed by atoms with van der Waals surface area (Å²) >= 11 is 0. The average Bonchev–Trinajstić information content (AvgIpc) is 2.62. The fourth-order valence-corrected chi connectivity index (χ4v) is 2.84. The molecule has 126 valence electrons. The number of rotatable bonds is 9. The lowest BCUT2D eigenvalue weighted by Crippen LogP contribution is -1.91. The summed E-state index contributed by atoms with van der Waals surface area (Å²) in [6.07, 6.45) is 11.4. The summed E-state index contributed by atoms with van der Waals surface area (Å²) in [5.74, 6) is 0. The smallest absolute Gasteiger partial charge is 0.0314 e. The van der Waals surface area contributed by atoms with Gasteiger partial charge in [0, 0.05) is 5.69 Å². The highest BCUT2D eigenvalue weighted by molar-refractivity contribution is 5.56. The molecule has 2 N–H and O–H groups in total. The molecular weight excluding hydrogens is 290 g/mol. The highest BCUT2D eigenvalue weighted by Gasteiger charge is 2.01. The molecule has 0 spiro atoms. The summed E-state index contributed by atoms with van der Waals surface area (Å²) in [5.41, 5.74) is 12.0. The molecule has 24 heavy (non-hydrogen) atoms. The lowest BCUT2D eigenvalue weighted by Gasteiger charge is -2.08. The van der Waals surface area contributed by atoms with Crippen molar-refractivity contribution in [1.29, 1.82) is 0 Å². The van der Waals surface area contributed by atoms with E-state index in [9.17, 15) is 0 Å².